The zero-order valence-electron chi connectivity index (χ0n) is 8.43. The van der Waals surface area contributed by atoms with Crippen molar-refractivity contribution in [2.45, 2.75) is 13.5 Å². The third-order valence-electron chi connectivity index (χ3n) is 1.87. The smallest absolute Gasteiger partial charge is 0.217 e. The molecular formula is C10H11Cl2NO2. The lowest BCUT2D eigenvalue weighted by Crippen LogP contribution is -2.19. The minimum atomic E-state index is -0.113. The van der Waals surface area contributed by atoms with Crippen molar-refractivity contribution in [3.8, 4) is 5.75 Å². The van der Waals surface area contributed by atoms with Gasteiger partial charge in [-0.25, -0.2) is 0 Å². The van der Waals surface area contributed by atoms with Crippen LogP contribution in [0.1, 0.15) is 12.5 Å². The van der Waals surface area contributed by atoms with Crippen LogP contribution in [0.25, 0.3) is 0 Å². The van der Waals surface area contributed by atoms with Crippen LogP contribution >= 0.6 is 23.2 Å². The Morgan fingerprint density at radius 2 is 2.07 bits per heavy atom. The lowest BCUT2D eigenvalue weighted by molar-refractivity contribution is -0.119. The topological polar surface area (TPSA) is 38.3 Å². The first-order valence-corrected chi connectivity index (χ1v) is 5.07. The Morgan fingerprint density at radius 1 is 1.40 bits per heavy atom. The minimum absolute atomic E-state index is 0.113. The van der Waals surface area contributed by atoms with Crippen LogP contribution in [0.15, 0.2) is 12.1 Å². The van der Waals surface area contributed by atoms with Gasteiger partial charge < -0.3 is 10.1 Å². The van der Waals surface area contributed by atoms with E-state index in [4.69, 9.17) is 27.9 Å². The Morgan fingerprint density at radius 3 is 2.60 bits per heavy atom. The third kappa shape index (κ3) is 3.01. The number of nitrogens with one attached hydrogen (secondary N) is 1. The molecule has 82 valence electrons. The van der Waals surface area contributed by atoms with Crippen molar-refractivity contribution < 1.29 is 9.53 Å². The van der Waals surface area contributed by atoms with Crippen LogP contribution < -0.4 is 10.1 Å². The van der Waals surface area contributed by atoms with E-state index in [1.54, 1.807) is 12.1 Å². The Hall–Kier alpha value is -0.930. The van der Waals surface area contributed by atoms with Gasteiger partial charge in [0.05, 0.1) is 12.1 Å². The van der Waals surface area contributed by atoms with Gasteiger partial charge in [0, 0.05) is 13.5 Å². The summed E-state index contributed by atoms with van der Waals surface area (Å²) < 4.78 is 5.00. The Kier molecular flexibility index (Phi) is 4.24. The van der Waals surface area contributed by atoms with Gasteiger partial charge in [-0.3, -0.25) is 4.79 Å². The van der Waals surface area contributed by atoms with Crippen molar-refractivity contribution in [2.75, 3.05) is 7.11 Å². The van der Waals surface area contributed by atoms with E-state index in [1.807, 2.05) is 0 Å². The molecule has 1 rings (SSSR count). The zero-order valence-corrected chi connectivity index (χ0v) is 9.95. The van der Waals surface area contributed by atoms with Gasteiger partial charge >= 0.3 is 0 Å². The predicted octanol–water partition coefficient (Wildman–Crippen LogP) is 2.64. The molecule has 0 saturated heterocycles. The van der Waals surface area contributed by atoms with Crippen LogP contribution in [0, 0.1) is 0 Å². The van der Waals surface area contributed by atoms with Gasteiger partial charge in [-0.05, 0) is 11.6 Å². The number of hydrogen-bond donors (Lipinski definition) is 1. The van der Waals surface area contributed by atoms with Gasteiger partial charge in [-0.1, -0.05) is 29.3 Å². The SMILES string of the molecule is COc1ccc(CNC(C)=O)c(Cl)c1Cl. The molecule has 5 heteroatoms. The van der Waals surface area contributed by atoms with Crippen LogP contribution in [0.5, 0.6) is 5.75 Å². The van der Waals surface area contributed by atoms with E-state index < -0.39 is 0 Å². The second-order valence-electron chi connectivity index (χ2n) is 2.96. The molecule has 0 bridgehead atoms. The summed E-state index contributed by atoms with van der Waals surface area (Å²) in [5.41, 5.74) is 0.762. The second-order valence-corrected chi connectivity index (χ2v) is 3.72. The maximum Gasteiger partial charge on any atom is 0.217 e. The Balaban J connectivity index is 2.91. The van der Waals surface area contributed by atoms with E-state index in [9.17, 15) is 4.79 Å². The molecule has 0 atom stereocenters. The van der Waals surface area contributed by atoms with E-state index in [1.165, 1.54) is 14.0 Å². The normalized spacial score (nSPS) is 9.87. The first kappa shape index (κ1) is 12.1. The molecule has 0 radical (unpaired) electrons. The average Bonchev–Trinajstić information content (AvgIpc) is 2.20. The highest BCUT2D eigenvalue weighted by Gasteiger charge is 2.10. The maximum absolute atomic E-state index is 10.7. The summed E-state index contributed by atoms with van der Waals surface area (Å²) >= 11 is 11.9. The van der Waals surface area contributed by atoms with Crippen LogP contribution in [-0.4, -0.2) is 13.0 Å². The molecule has 0 aliphatic rings. The number of rotatable bonds is 3. The molecule has 0 aliphatic heterocycles. The summed E-state index contributed by atoms with van der Waals surface area (Å²) in [6.45, 7) is 1.80. The highest BCUT2D eigenvalue weighted by molar-refractivity contribution is 6.43. The first-order chi connectivity index (χ1) is 7.06. The van der Waals surface area contributed by atoms with E-state index in [-0.39, 0.29) is 5.91 Å². The van der Waals surface area contributed by atoms with Crippen LogP contribution in [0.2, 0.25) is 10.0 Å². The standard InChI is InChI=1S/C10H11Cl2NO2/c1-6(14)13-5-7-3-4-8(15-2)10(12)9(7)11/h3-4H,5H2,1-2H3,(H,13,14). The quantitative estimate of drug-likeness (QED) is 0.892. The third-order valence-corrected chi connectivity index (χ3v) is 2.78. The summed E-state index contributed by atoms with van der Waals surface area (Å²) in [5.74, 6) is 0.409. The molecule has 0 unspecified atom stereocenters. The fourth-order valence-electron chi connectivity index (χ4n) is 1.09. The fraction of sp³-hybridized carbons (Fsp3) is 0.300. The maximum atomic E-state index is 10.7. The molecule has 1 amide bonds. The van der Waals surface area contributed by atoms with E-state index in [2.05, 4.69) is 5.32 Å². The van der Waals surface area contributed by atoms with Gasteiger partial charge in [0.15, 0.2) is 0 Å². The number of amides is 1. The lowest BCUT2D eigenvalue weighted by Gasteiger charge is -2.09. The summed E-state index contributed by atoms with van der Waals surface area (Å²) in [4.78, 5) is 10.7. The molecule has 15 heavy (non-hydrogen) atoms. The summed E-state index contributed by atoms with van der Waals surface area (Å²) in [5, 5.41) is 3.41. The molecule has 0 saturated carbocycles. The van der Waals surface area contributed by atoms with Gasteiger partial charge in [-0.2, -0.15) is 0 Å². The number of carbonyl (C=O) groups is 1. The number of halogens is 2. The van der Waals surface area contributed by atoms with Crippen molar-refractivity contribution in [1.82, 2.24) is 5.32 Å². The van der Waals surface area contributed by atoms with E-state index >= 15 is 0 Å². The van der Waals surface area contributed by atoms with Gasteiger partial charge in [0.2, 0.25) is 5.91 Å². The molecule has 0 heterocycles. The lowest BCUT2D eigenvalue weighted by atomic mass is 10.2. The zero-order chi connectivity index (χ0) is 11.4. The second kappa shape index (κ2) is 5.24. The summed E-state index contributed by atoms with van der Waals surface area (Å²) in [6, 6.07) is 3.48. The van der Waals surface area contributed by atoms with E-state index in [0.717, 1.165) is 5.56 Å². The van der Waals surface area contributed by atoms with Gasteiger partial charge in [0.25, 0.3) is 0 Å². The molecule has 1 aromatic carbocycles. The molecule has 1 N–H and O–H groups in total. The fourth-order valence-corrected chi connectivity index (χ4v) is 1.57. The highest BCUT2D eigenvalue weighted by Crippen LogP contribution is 2.34. The largest absolute Gasteiger partial charge is 0.495 e. The summed E-state index contributed by atoms with van der Waals surface area (Å²) in [7, 11) is 1.52. The minimum Gasteiger partial charge on any atom is -0.495 e. The number of methoxy groups -OCH3 is 1. The number of ether oxygens (including phenoxy) is 1. The average molecular weight is 248 g/mol. The van der Waals surface area contributed by atoms with Gasteiger partial charge in [-0.15, -0.1) is 0 Å². The monoisotopic (exact) mass is 247 g/mol. The van der Waals surface area contributed by atoms with Crippen LogP contribution in [-0.2, 0) is 11.3 Å². The first-order valence-electron chi connectivity index (χ1n) is 4.31. The highest BCUT2D eigenvalue weighted by atomic mass is 35.5. The van der Waals surface area contributed by atoms with Gasteiger partial charge in [0.1, 0.15) is 10.8 Å². The predicted molar refractivity (Wildman–Crippen MR) is 60.5 cm³/mol. The Labute approximate surface area is 98.3 Å². The van der Waals surface area contributed by atoms with Crippen LogP contribution in [0.3, 0.4) is 0 Å². The summed E-state index contributed by atoms with van der Waals surface area (Å²) in [6.07, 6.45) is 0. The van der Waals surface area contributed by atoms with Crippen molar-refractivity contribution in [2.24, 2.45) is 0 Å². The molecule has 0 spiro atoms. The molecule has 3 nitrogen and oxygen atoms in total. The molecule has 0 aliphatic carbocycles. The number of carbonyl (C=O) groups excluding carboxylic acids is 1. The molecular weight excluding hydrogens is 237 g/mol. The van der Waals surface area contributed by atoms with E-state index in [0.29, 0.717) is 22.3 Å². The molecule has 0 aromatic heterocycles. The molecule has 1 aromatic rings. The van der Waals surface area contributed by atoms with Crippen molar-refractivity contribution in [1.29, 1.82) is 0 Å². The van der Waals surface area contributed by atoms with Crippen molar-refractivity contribution >= 4 is 29.1 Å². The van der Waals surface area contributed by atoms with Crippen molar-refractivity contribution in [3.63, 3.8) is 0 Å². The number of benzene rings is 1. The van der Waals surface area contributed by atoms with Crippen LogP contribution in [0.4, 0.5) is 0 Å². The number of hydrogen-bond acceptors (Lipinski definition) is 2. The Bertz CT molecular complexity index is 380. The molecule has 0 fully saturated rings. The van der Waals surface area contributed by atoms with Crippen molar-refractivity contribution in [3.05, 3.63) is 27.7 Å².